The fourth-order valence-corrected chi connectivity index (χ4v) is 5.07. The molecule has 4 rings (SSSR count). The van der Waals surface area contributed by atoms with Gasteiger partial charge < -0.3 is 9.64 Å². The Morgan fingerprint density at radius 1 is 1.24 bits per heavy atom. The second kappa shape index (κ2) is 5.22. The molecule has 0 aromatic heterocycles. The Bertz CT molecular complexity index is 588. The molecule has 21 heavy (non-hydrogen) atoms. The summed E-state index contributed by atoms with van der Waals surface area (Å²) in [7, 11) is 2.22. The number of rotatable bonds is 0. The van der Waals surface area contributed by atoms with Crippen molar-refractivity contribution in [1.82, 2.24) is 4.90 Å². The van der Waals surface area contributed by atoms with Gasteiger partial charge in [0.1, 0.15) is 5.76 Å². The lowest BCUT2D eigenvalue weighted by atomic mass is 9.73. The summed E-state index contributed by atoms with van der Waals surface area (Å²) >= 11 is 2.01. The predicted octanol–water partition coefficient (Wildman–Crippen LogP) is 4.01. The van der Waals surface area contributed by atoms with E-state index in [0.29, 0.717) is 5.25 Å². The zero-order valence-corrected chi connectivity index (χ0v) is 13.2. The first-order chi connectivity index (χ1) is 10.3. The van der Waals surface area contributed by atoms with Crippen LogP contribution in [0.3, 0.4) is 0 Å². The Morgan fingerprint density at radius 2 is 2.10 bits per heavy atom. The van der Waals surface area contributed by atoms with Crippen molar-refractivity contribution in [2.75, 3.05) is 20.1 Å². The Labute approximate surface area is 130 Å². The Morgan fingerprint density at radius 3 is 2.95 bits per heavy atom. The van der Waals surface area contributed by atoms with Crippen LogP contribution in [0.25, 0.3) is 0 Å². The van der Waals surface area contributed by atoms with Gasteiger partial charge in [-0.05, 0) is 51.6 Å². The highest BCUT2D eigenvalue weighted by molar-refractivity contribution is 8.04. The molecule has 1 unspecified atom stereocenters. The van der Waals surface area contributed by atoms with Crippen LogP contribution in [0.2, 0.25) is 0 Å². The molecule has 0 aromatic rings. The molecule has 2 aliphatic heterocycles. The van der Waals surface area contributed by atoms with Gasteiger partial charge >= 0.3 is 0 Å². The van der Waals surface area contributed by atoms with Crippen LogP contribution in [0, 0.1) is 5.41 Å². The SMILES string of the molecule is CN1CCC2(C=CC=C3OC=C4CC=CC=C4SC32)CC1. The molecule has 0 bridgehead atoms. The van der Waals surface area contributed by atoms with Crippen LogP contribution in [-0.4, -0.2) is 30.3 Å². The van der Waals surface area contributed by atoms with E-state index in [1.807, 2.05) is 18.0 Å². The number of piperidine rings is 1. The summed E-state index contributed by atoms with van der Waals surface area (Å²) < 4.78 is 6.07. The molecule has 0 aromatic carbocycles. The maximum Gasteiger partial charge on any atom is 0.117 e. The fourth-order valence-electron chi connectivity index (χ4n) is 3.58. The van der Waals surface area contributed by atoms with Gasteiger partial charge in [0.05, 0.1) is 11.5 Å². The summed E-state index contributed by atoms with van der Waals surface area (Å²) in [5.74, 6) is 1.13. The van der Waals surface area contributed by atoms with Gasteiger partial charge in [0.15, 0.2) is 0 Å². The predicted molar refractivity (Wildman–Crippen MR) is 88.8 cm³/mol. The highest BCUT2D eigenvalue weighted by Gasteiger charge is 2.44. The standard InChI is InChI=1S/C18H21NOS/c1-19-11-9-18(10-12-19)8-4-6-15-17(18)21-16-7-3-2-5-14(16)13-20-15/h2-4,6-8,13,17H,5,9-12H2,1H3. The van der Waals surface area contributed by atoms with Crippen LogP contribution in [-0.2, 0) is 4.74 Å². The summed E-state index contributed by atoms with van der Waals surface area (Å²) in [6, 6.07) is 0. The van der Waals surface area contributed by atoms with E-state index in [1.165, 1.54) is 36.4 Å². The van der Waals surface area contributed by atoms with Crippen LogP contribution in [0.5, 0.6) is 0 Å². The maximum absolute atomic E-state index is 6.07. The number of likely N-dealkylation sites (tertiary alicyclic amines) is 1. The van der Waals surface area contributed by atoms with Gasteiger partial charge in [-0.1, -0.05) is 24.3 Å². The molecule has 2 aliphatic carbocycles. The molecule has 2 heterocycles. The van der Waals surface area contributed by atoms with Crippen molar-refractivity contribution in [3.8, 4) is 0 Å². The van der Waals surface area contributed by atoms with Crippen molar-refractivity contribution in [2.24, 2.45) is 5.41 Å². The highest BCUT2D eigenvalue weighted by atomic mass is 32.2. The lowest BCUT2D eigenvalue weighted by molar-refractivity contribution is 0.151. The topological polar surface area (TPSA) is 12.5 Å². The first-order valence-corrected chi connectivity index (χ1v) is 8.62. The zero-order valence-electron chi connectivity index (χ0n) is 12.4. The van der Waals surface area contributed by atoms with E-state index >= 15 is 0 Å². The van der Waals surface area contributed by atoms with E-state index in [1.54, 1.807) is 0 Å². The average molecular weight is 299 g/mol. The van der Waals surface area contributed by atoms with Crippen molar-refractivity contribution in [1.29, 1.82) is 0 Å². The molecule has 4 aliphatic rings. The van der Waals surface area contributed by atoms with E-state index in [0.717, 1.165) is 12.2 Å². The molecule has 0 N–H and O–H groups in total. The monoisotopic (exact) mass is 299 g/mol. The van der Waals surface area contributed by atoms with Gasteiger partial charge in [-0.15, -0.1) is 11.8 Å². The number of ether oxygens (including phenoxy) is 1. The lowest BCUT2D eigenvalue weighted by Crippen LogP contribution is -2.44. The molecule has 0 amide bonds. The Kier molecular flexibility index (Phi) is 3.35. The molecule has 1 spiro atoms. The van der Waals surface area contributed by atoms with Gasteiger partial charge in [-0.25, -0.2) is 0 Å². The molecular weight excluding hydrogens is 278 g/mol. The van der Waals surface area contributed by atoms with Crippen LogP contribution in [0.4, 0.5) is 0 Å². The minimum atomic E-state index is 0.256. The van der Waals surface area contributed by atoms with Crippen LogP contribution in [0.1, 0.15) is 19.3 Å². The average Bonchev–Trinajstić information content (AvgIpc) is 2.71. The molecule has 1 saturated heterocycles. The van der Waals surface area contributed by atoms with Crippen molar-refractivity contribution >= 4 is 11.8 Å². The maximum atomic E-state index is 6.07. The van der Waals surface area contributed by atoms with Gasteiger partial charge in [0.2, 0.25) is 0 Å². The van der Waals surface area contributed by atoms with Gasteiger partial charge in [0, 0.05) is 15.9 Å². The second-order valence-electron chi connectivity index (χ2n) is 6.39. The van der Waals surface area contributed by atoms with Crippen molar-refractivity contribution in [2.45, 2.75) is 24.5 Å². The molecule has 2 nitrogen and oxygen atoms in total. The smallest absolute Gasteiger partial charge is 0.117 e. The summed E-state index contributed by atoms with van der Waals surface area (Å²) in [6.45, 7) is 2.35. The number of hydrogen-bond acceptors (Lipinski definition) is 3. The summed E-state index contributed by atoms with van der Waals surface area (Å²) in [5.41, 5.74) is 1.58. The number of fused-ring (bicyclic) bond motifs is 3. The van der Waals surface area contributed by atoms with Crippen molar-refractivity contribution in [3.05, 3.63) is 59.0 Å². The molecular formula is C18H21NOS. The minimum absolute atomic E-state index is 0.256. The normalized spacial score (nSPS) is 30.5. The molecule has 0 saturated carbocycles. The van der Waals surface area contributed by atoms with Gasteiger partial charge in [-0.3, -0.25) is 0 Å². The van der Waals surface area contributed by atoms with E-state index < -0.39 is 0 Å². The molecule has 110 valence electrons. The first kappa shape index (κ1) is 13.5. The summed E-state index contributed by atoms with van der Waals surface area (Å²) in [4.78, 5) is 3.82. The summed E-state index contributed by atoms with van der Waals surface area (Å²) in [5, 5.41) is 0.419. The molecule has 0 radical (unpaired) electrons. The Balaban J connectivity index is 1.68. The van der Waals surface area contributed by atoms with Crippen molar-refractivity contribution < 1.29 is 4.74 Å². The van der Waals surface area contributed by atoms with E-state index in [4.69, 9.17) is 4.74 Å². The third-order valence-electron chi connectivity index (χ3n) is 5.01. The number of thioether (sulfide) groups is 1. The number of hydrogen-bond donors (Lipinski definition) is 0. The zero-order chi connectivity index (χ0) is 14.3. The number of allylic oxidation sites excluding steroid dienone is 7. The third-order valence-corrected chi connectivity index (χ3v) is 6.60. The highest BCUT2D eigenvalue weighted by Crippen LogP contribution is 2.52. The third kappa shape index (κ3) is 2.33. The first-order valence-electron chi connectivity index (χ1n) is 7.74. The summed E-state index contributed by atoms with van der Waals surface area (Å²) in [6.07, 6.45) is 18.8. The molecule has 1 atom stereocenters. The Hall–Kier alpha value is -1.19. The number of nitrogens with zero attached hydrogens (tertiary/aromatic N) is 1. The van der Waals surface area contributed by atoms with E-state index in [2.05, 4.69) is 48.4 Å². The second-order valence-corrected chi connectivity index (χ2v) is 7.53. The van der Waals surface area contributed by atoms with Gasteiger partial charge in [0.25, 0.3) is 0 Å². The van der Waals surface area contributed by atoms with Crippen LogP contribution < -0.4 is 0 Å². The minimum Gasteiger partial charge on any atom is -0.468 e. The molecule has 1 fully saturated rings. The van der Waals surface area contributed by atoms with Crippen LogP contribution in [0.15, 0.2) is 59.0 Å². The largest absolute Gasteiger partial charge is 0.468 e. The van der Waals surface area contributed by atoms with Crippen molar-refractivity contribution in [3.63, 3.8) is 0 Å². The van der Waals surface area contributed by atoms with E-state index in [9.17, 15) is 0 Å². The lowest BCUT2D eigenvalue weighted by Gasteiger charge is -2.45. The van der Waals surface area contributed by atoms with Crippen LogP contribution >= 0.6 is 11.8 Å². The van der Waals surface area contributed by atoms with E-state index in [-0.39, 0.29) is 5.41 Å². The quantitative estimate of drug-likeness (QED) is 0.670. The fraction of sp³-hybridized carbons (Fsp3) is 0.444. The van der Waals surface area contributed by atoms with Gasteiger partial charge in [-0.2, -0.15) is 0 Å². The molecule has 3 heteroatoms.